The lowest BCUT2D eigenvalue weighted by Gasteiger charge is -2.23. The van der Waals surface area contributed by atoms with Crippen LogP contribution in [0.25, 0.3) is 11.1 Å². The number of oxazole rings is 1. The molecule has 2 amide bonds. The zero-order valence-corrected chi connectivity index (χ0v) is 24.2. The molecule has 2 aromatic carbocycles. The zero-order valence-electron chi connectivity index (χ0n) is 23.4. The molecular weight excluding hydrogens is 498 g/mol. The first-order valence-corrected chi connectivity index (χ1v) is 14.4. The van der Waals surface area contributed by atoms with Crippen molar-refractivity contribution in [2.24, 2.45) is 0 Å². The number of aliphatic hydroxyl groups excluding tert-OH is 1. The van der Waals surface area contributed by atoms with Crippen molar-refractivity contribution >= 4 is 40.4 Å². The van der Waals surface area contributed by atoms with Crippen LogP contribution in [0, 0.1) is 0 Å². The summed E-state index contributed by atoms with van der Waals surface area (Å²) in [6, 6.07) is 11.6. The van der Waals surface area contributed by atoms with Crippen LogP contribution < -0.4 is 10.6 Å². The predicted octanol–water partition coefficient (Wildman–Crippen LogP) is 6.87. The SMILES string of the molecule is CC(C)c1cccc(C(C)C)c1NC(=O)CCCCCSc1nc2cccc(C(=O)NC(C)(C)CO)c2o1. The van der Waals surface area contributed by atoms with E-state index in [1.807, 2.05) is 6.07 Å². The molecule has 206 valence electrons. The number of carbonyl (C=O) groups is 2. The average molecular weight is 540 g/mol. The Morgan fingerprint density at radius 1 is 1.00 bits per heavy atom. The molecule has 3 rings (SSSR count). The van der Waals surface area contributed by atoms with E-state index >= 15 is 0 Å². The zero-order chi connectivity index (χ0) is 27.9. The standard InChI is InChI=1S/C30H41N3O4S/c1-19(2)21-12-10-13-22(20(3)4)26(21)32-25(35)16-8-7-9-17-38-29-31-24-15-11-14-23(27(24)37-29)28(36)33-30(5,6)18-34/h10-15,19-20,34H,7-9,16-18H2,1-6H3,(H,32,35)(H,33,36). The second-order valence-electron chi connectivity index (χ2n) is 11.0. The van der Waals surface area contributed by atoms with Crippen molar-refractivity contribution in [2.45, 2.75) is 89.8 Å². The van der Waals surface area contributed by atoms with Crippen molar-refractivity contribution in [1.82, 2.24) is 10.3 Å². The molecule has 0 saturated heterocycles. The summed E-state index contributed by atoms with van der Waals surface area (Å²) in [5, 5.41) is 16.0. The van der Waals surface area contributed by atoms with Gasteiger partial charge in [0.2, 0.25) is 5.91 Å². The Bertz CT molecular complexity index is 1220. The number of fused-ring (bicyclic) bond motifs is 1. The van der Waals surface area contributed by atoms with Crippen molar-refractivity contribution in [3.63, 3.8) is 0 Å². The number of para-hydroxylation sites is 2. The molecule has 0 saturated carbocycles. The number of amides is 2. The molecule has 1 aromatic heterocycles. The summed E-state index contributed by atoms with van der Waals surface area (Å²) < 4.78 is 5.90. The monoisotopic (exact) mass is 539 g/mol. The number of hydrogen-bond donors (Lipinski definition) is 3. The van der Waals surface area contributed by atoms with Crippen molar-refractivity contribution in [3.8, 4) is 0 Å². The van der Waals surface area contributed by atoms with Crippen LogP contribution in [0.3, 0.4) is 0 Å². The predicted molar refractivity (Wildman–Crippen MR) is 155 cm³/mol. The number of aliphatic hydroxyl groups is 1. The van der Waals surface area contributed by atoms with Gasteiger partial charge in [-0.3, -0.25) is 9.59 Å². The summed E-state index contributed by atoms with van der Waals surface area (Å²) in [5.74, 6) is 1.23. The van der Waals surface area contributed by atoms with Gasteiger partial charge in [-0.25, -0.2) is 4.98 Å². The molecule has 3 aromatic rings. The topological polar surface area (TPSA) is 104 Å². The Kier molecular flexibility index (Phi) is 10.4. The third-order valence-electron chi connectivity index (χ3n) is 6.40. The number of aromatic nitrogens is 1. The number of hydrogen-bond acceptors (Lipinski definition) is 6. The smallest absolute Gasteiger partial charge is 0.256 e. The van der Waals surface area contributed by atoms with Gasteiger partial charge in [0.25, 0.3) is 11.1 Å². The number of nitrogens with one attached hydrogen (secondary N) is 2. The van der Waals surface area contributed by atoms with Crippen molar-refractivity contribution < 1.29 is 19.1 Å². The van der Waals surface area contributed by atoms with Gasteiger partial charge in [0, 0.05) is 17.9 Å². The van der Waals surface area contributed by atoms with Gasteiger partial charge in [0.05, 0.1) is 17.7 Å². The number of thioether (sulfide) groups is 1. The number of benzene rings is 2. The Morgan fingerprint density at radius 3 is 2.29 bits per heavy atom. The first-order chi connectivity index (χ1) is 18.0. The molecule has 0 aliphatic carbocycles. The van der Waals surface area contributed by atoms with Crippen LogP contribution in [0.1, 0.15) is 101 Å². The van der Waals surface area contributed by atoms with Gasteiger partial charge in [-0.15, -0.1) is 0 Å². The number of anilines is 1. The molecular formula is C30H41N3O4S. The van der Waals surface area contributed by atoms with Gasteiger partial charge in [-0.2, -0.15) is 0 Å². The van der Waals surface area contributed by atoms with E-state index in [1.54, 1.807) is 26.0 Å². The van der Waals surface area contributed by atoms with Crippen LogP contribution in [0.15, 0.2) is 46.0 Å². The van der Waals surface area contributed by atoms with Crippen LogP contribution in [0.5, 0.6) is 0 Å². The summed E-state index contributed by atoms with van der Waals surface area (Å²) in [6.07, 6.45) is 3.15. The molecule has 0 spiro atoms. The fourth-order valence-electron chi connectivity index (χ4n) is 4.20. The highest BCUT2D eigenvalue weighted by atomic mass is 32.2. The average Bonchev–Trinajstić information content (AvgIpc) is 3.28. The molecule has 0 unspecified atom stereocenters. The molecule has 1 heterocycles. The first-order valence-electron chi connectivity index (χ1n) is 13.4. The first kappa shape index (κ1) is 29.7. The fourth-order valence-corrected chi connectivity index (χ4v) is 5.03. The highest BCUT2D eigenvalue weighted by Gasteiger charge is 2.23. The van der Waals surface area contributed by atoms with E-state index in [0.29, 0.717) is 40.1 Å². The summed E-state index contributed by atoms with van der Waals surface area (Å²) >= 11 is 1.51. The van der Waals surface area contributed by atoms with E-state index in [4.69, 9.17) is 4.42 Å². The molecule has 0 bridgehead atoms. The van der Waals surface area contributed by atoms with Crippen LogP contribution in [0.2, 0.25) is 0 Å². The quantitative estimate of drug-likeness (QED) is 0.162. The van der Waals surface area contributed by atoms with E-state index < -0.39 is 5.54 Å². The maximum atomic E-state index is 12.7. The normalized spacial score (nSPS) is 11.9. The Labute approximate surface area is 230 Å². The van der Waals surface area contributed by atoms with Gasteiger partial charge in [-0.05, 0) is 61.8 Å². The second-order valence-corrected chi connectivity index (χ2v) is 12.0. The van der Waals surface area contributed by atoms with E-state index in [-0.39, 0.29) is 18.4 Å². The van der Waals surface area contributed by atoms with Crippen LogP contribution >= 0.6 is 11.8 Å². The van der Waals surface area contributed by atoms with Gasteiger partial charge < -0.3 is 20.2 Å². The molecule has 0 atom stereocenters. The summed E-state index contributed by atoms with van der Waals surface area (Å²) in [5.41, 5.74) is 4.06. The maximum Gasteiger partial charge on any atom is 0.256 e. The highest BCUT2D eigenvalue weighted by Crippen LogP contribution is 2.32. The van der Waals surface area contributed by atoms with E-state index in [9.17, 15) is 14.7 Å². The molecule has 0 aliphatic rings. The fraction of sp³-hybridized carbons (Fsp3) is 0.500. The molecule has 3 N–H and O–H groups in total. The number of carbonyl (C=O) groups excluding carboxylic acids is 2. The van der Waals surface area contributed by atoms with Crippen molar-refractivity contribution in [3.05, 3.63) is 53.1 Å². The molecule has 0 aliphatic heterocycles. The van der Waals surface area contributed by atoms with E-state index in [1.165, 1.54) is 22.9 Å². The minimum Gasteiger partial charge on any atom is -0.430 e. The minimum absolute atomic E-state index is 0.0572. The Hall–Kier alpha value is -2.84. The summed E-state index contributed by atoms with van der Waals surface area (Å²) in [4.78, 5) is 29.9. The van der Waals surface area contributed by atoms with Gasteiger partial charge in [-0.1, -0.05) is 70.1 Å². The van der Waals surface area contributed by atoms with E-state index in [0.717, 1.165) is 30.7 Å². The molecule has 0 fully saturated rings. The van der Waals surface area contributed by atoms with E-state index in [2.05, 4.69) is 61.5 Å². The highest BCUT2D eigenvalue weighted by molar-refractivity contribution is 7.99. The minimum atomic E-state index is -0.734. The number of rotatable bonds is 13. The third kappa shape index (κ3) is 7.84. The Morgan fingerprint density at radius 2 is 1.66 bits per heavy atom. The lowest BCUT2D eigenvalue weighted by molar-refractivity contribution is -0.116. The van der Waals surface area contributed by atoms with Crippen LogP contribution in [0.4, 0.5) is 5.69 Å². The largest absolute Gasteiger partial charge is 0.430 e. The molecule has 7 nitrogen and oxygen atoms in total. The molecule has 38 heavy (non-hydrogen) atoms. The van der Waals surface area contributed by atoms with Gasteiger partial charge in [0.1, 0.15) is 5.52 Å². The number of unbranched alkanes of at least 4 members (excludes halogenated alkanes) is 2. The summed E-state index contributed by atoms with van der Waals surface area (Å²) in [7, 11) is 0. The third-order valence-corrected chi connectivity index (χ3v) is 7.31. The maximum absolute atomic E-state index is 12.7. The van der Waals surface area contributed by atoms with Gasteiger partial charge >= 0.3 is 0 Å². The lowest BCUT2D eigenvalue weighted by Crippen LogP contribution is -2.46. The summed E-state index contributed by atoms with van der Waals surface area (Å²) in [6.45, 7) is 11.9. The molecule has 8 heteroatoms. The van der Waals surface area contributed by atoms with Crippen LogP contribution in [-0.2, 0) is 4.79 Å². The second kappa shape index (κ2) is 13.3. The van der Waals surface area contributed by atoms with Crippen LogP contribution in [-0.4, -0.2) is 39.8 Å². The number of nitrogens with zero attached hydrogens (tertiary/aromatic N) is 1. The lowest BCUT2D eigenvalue weighted by atomic mass is 9.92. The Balaban J connectivity index is 1.48. The van der Waals surface area contributed by atoms with Crippen molar-refractivity contribution in [1.29, 1.82) is 0 Å². The van der Waals surface area contributed by atoms with Gasteiger partial charge in [0.15, 0.2) is 5.58 Å². The van der Waals surface area contributed by atoms with Crippen molar-refractivity contribution in [2.75, 3.05) is 17.7 Å². The molecule has 0 radical (unpaired) electrons.